The number of carbonyl (C=O) groups is 1. The first-order valence-corrected chi connectivity index (χ1v) is 8.28. The third-order valence-electron chi connectivity index (χ3n) is 3.32. The Morgan fingerprint density at radius 3 is 2.58 bits per heavy atom. The minimum absolute atomic E-state index is 0.0965. The number of hydrogen-bond donors (Lipinski definition) is 2. The number of amides is 1. The van der Waals surface area contributed by atoms with Crippen LogP contribution in [0.1, 0.15) is 10.4 Å². The van der Waals surface area contributed by atoms with Gasteiger partial charge in [0.2, 0.25) is 5.91 Å². The number of benzene rings is 2. The van der Waals surface area contributed by atoms with Crippen molar-refractivity contribution in [1.29, 1.82) is 0 Å². The van der Waals surface area contributed by atoms with E-state index in [-0.39, 0.29) is 18.3 Å². The molecule has 1 aromatic heterocycles. The summed E-state index contributed by atoms with van der Waals surface area (Å²) in [5.74, 6) is -0.501. The van der Waals surface area contributed by atoms with E-state index in [1.54, 1.807) is 18.3 Å². The molecule has 3 rings (SSSR count). The third-order valence-corrected chi connectivity index (χ3v) is 4.23. The molecule has 2 N–H and O–H groups in total. The lowest BCUT2D eigenvalue weighted by Gasteiger charge is -2.05. The van der Waals surface area contributed by atoms with Crippen LogP contribution in [0.25, 0.3) is 0 Å². The van der Waals surface area contributed by atoms with Crippen molar-refractivity contribution in [2.75, 3.05) is 17.2 Å². The zero-order chi connectivity index (χ0) is 16.8. The maximum Gasteiger partial charge on any atom is 0.245 e. The lowest BCUT2D eigenvalue weighted by atomic mass is 10.1. The van der Waals surface area contributed by atoms with E-state index >= 15 is 0 Å². The SMILES string of the molecule is O=C(CNc1ccc(F)cc1)Nc1ncc(Cc2ccccc2)s1. The molecule has 0 saturated heterocycles. The molecule has 6 heteroatoms. The highest BCUT2D eigenvalue weighted by molar-refractivity contribution is 7.15. The van der Waals surface area contributed by atoms with E-state index in [1.807, 2.05) is 18.2 Å². The van der Waals surface area contributed by atoms with Gasteiger partial charge in [0, 0.05) is 23.2 Å². The number of thiazole rings is 1. The summed E-state index contributed by atoms with van der Waals surface area (Å²) in [6, 6.07) is 16.0. The van der Waals surface area contributed by atoms with Crippen molar-refractivity contribution in [2.24, 2.45) is 0 Å². The Morgan fingerprint density at radius 1 is 1.08 bits per heavy atom. The number of halogens is 1. The van der Waals surface area contributed by atoms with Gasteiger partial charge in [-0.2, -0.15) is 0 Å². The second-order valence-corrected chi connectivity index (χ2v) is 6.32. The van der Waals surface area contributed by atoms with Crippen LogP contribution in [0, 0.1) is 5.82 Å². The molecule has 2 aromatic carbocycles. The highest BCUT2D eigenvalue weighted by atomic mass is 32.1. The smallest absolute Gasteiger partial charge is 0.245 e. The lowest BCUT2D eigenvalue weighted by Crippen LogP contribution is -2.21. The molecular formula is C18H16FN3OS. The molecule has 0 bridgehead atoms. The summed E-state index contributed by atoms with van der Waals surface area (Å²) in [7, 11) is 0. The van der Waals surface area contributed by atoms with Crippen molar-refractivity contribution < 1.29 is 9.18 Å². The van der Waals surface area contributed by atoms with Crippen LogP contribution in [0.3, 0.4) is 0 Å². The molecule has 0 fully saturated rings. The quantitative estimate of drug-likeness (QED) is 0.714. The highest BCUT2D eigenvalue weighted by Gasteiger charge is 2.07. The van der Waals surface area contributed by atoms with E-state index in [9.17, 15) is 9.18 Å². The van der Waals surface area contributed by atoms with Crippen LogP contribution >= 0.6 is 11.3 Å². The van der Waals surface area contributed by atoms with Crippen molar-refractivity contribution in [3.8, 4) is 0 Å². The van der Waals surface area contributed by atoms with Crippen LogP contribution in [0.2, 0.25) is 0 Å². The predicted octanol–water partition coefficient (Wildman–Crippen LogP) is 3.92. The van der Waals surface area contributed by atoms with Gasteiger partial charge in [-0.05, 0) is 29.8 Å². The van der Waals surface area contributed by atoms with Gasteiger partial charge < -0.3 is 10.6 Å². The molecule has 1 amide bonds. The van der Waals surface area contributed by atoms with Crippen LogP contribution in [0.4, 0.5) is 15.2 Å². The number of carbonyl (C=O) groups excluding carboxylic acids is 1. The van der Waals surface area contributed by atoms with Gasteiger partial charge in [-0.1, -0.05) is 30.3 Å². The molecule has 0 aliphatic heterocycles. The van der Waals surface area contributed by atoms with Gasteiger partial charge in [0.25, 0.3) is 0 Å². The Hall–Kier alpha value is -2.73. The van der Waals surface area contributed by atoms with Crippen LogP contribution in [0.5, 0.6) is 0 Å². The highest BCUT2D eigenvalue weighted by Crippen LogP contribution is 2.21. The molecule has 0 radical (unpaired) electrons. The van der Waals surface area contributed by atoms with Crippen molar-refractivity contribution in [3.63, 3.8) is 0 Å². The van der Waals surface area contributed by atoms with Gasteiger partial charge in [0.15, 0.2) is 5.13 Å². The molecule has 1 heterocycles. The number of hydrogen-bond acceptors (Lipinski definition) is 4. The van der Waals surface area contributed by atoms with Gasteiger partial charge in [-0.15, -0.1) is 11.3 Å². The third kappa shape index (κ3) is 4.63. The molecule has 24 heavy (non-hydrogen) atoms. The summed E-state index contributed by atoms with van der Waals surface area (Å²) in [6.45, 7) is 0.0965. The molecule has 0 atom stereocenters. The largest absolute Gasteiger partial charge is 0.376 e. The molecular weight excluding hydrogens is 325 g/mol. The second-order valence-electron chi connectivity index (χ2n) is 5.20. The average molecular weight is 341 g/mol. The summed E-state index contributed by atoms with van der Waals surface area (Å²) in [5, 5.41) is 6.27. The number of aromatic nitrogens is 1. The maximum atomic E-state index is 12.8. The number of anilines is 2. The van der Waals surface area contributed by atoms with Crippen molar-refractivity contribution in [2.45, 2.75) is 6.42 Å². The monoisotopic (exact) mass is 341 g/mol. The first-order chi connectivity index (χ1) is 11.7. The molecule has 3 aromatic rings. The molecule has 0 aliphatic rings. The molecule has 0 saturated carbocycles. The van der Waals surface area contributed by atoms with Gasteiger partial charge in [0.1, 0.15) is 5.82 Å². The van der Waals surface area contributed by atoms with Gasteiger partial charge in [-0.3, -0.25) is 4.79 Å². The predicted molar refractivity (Wildman–Crippen MR) is 94.9 cm³/mol. The normalized spacial score (nSPS) is 10.4. The zero-order valence-corrected chi connectivity index (χ0v) is 13.6. The maximum absolute atomic E-state index is 12.8. The second kappa shape index (κ2) is 7.70. The van der Waals surface area contributed by atoms with Crippen LogP contribution in [0.15, 0.2) is 60.8 Å². The molecule has 0 spiro atoms. The topological polar surface area (TPSA) is 54.0 Å². The van der Waals surface area contributed by atoms with Crippen molar-refractivity contribution in [1.82, 2.24) is 4.98 Å². The number of nitrogens with one attached hydrogen (secondary N) is 2. The van der Waals surface area contributed by atoms with Crippen molar-refractivity contribution in [3.05, 3.63) is 77.1 Å². The molecule has 122 valence electrons. The standard InChI is InChI=1S/C18H16FN3OS/c19-14-6-8-15(9-7-14)20-12-17(23)22-18-21-11-16(24-18)10-13-4-2-1-3-5-13/h1-9,11,20H,10,12H2,(H,21,22,23). The number of nitrogens with zero attached hydrogens (tertiary/aromatic N) is 1. The lowest BCUT2D eigenvalue weighted by molar-refractivity contribution is -0.114. The zero-order valence-electron chi connectivity index (χ0n) is 12.8. The van der Waals surface area contributed by atoms with E-state index in [0.29, 0.717) is 10.8 Å². The summed E-state index contributed by atoms with van der Waals surface area (Å²) in [6.07, 6.45) is 2.57. The number of rotatable bonds is 6. The molecule has 4 nitrogen and oxygen atoms in total. The van der Waals surface area contributed by atoms with E-state index in [4.69, 9.17) is 0 Å². The van der Waals surface area contributed by atoms with Crippen LogP contribution < -0.4 is 10.6 Å². The fraction of sp³-hybridized carbons (Fsp3) is 0.111. The van der Waals surface area contributed by atoms with E-state index < -0.39 is 0 Å². The van der Waals surface area contributed by atoms with E-state index in [1.165, 1.54) is 29.0 Å². The first-order valence-electron chi connectivity index (χ1n) is 7.47. The Kier molecular flexibility index (Phi) is 5.18. The first kappa shape index (κ1) is 16.1. The van der Waals surface area contributed by atoms with Gasteiger partial charge in [-0.25, -0.2) is 9.37 Å². The summed E-state index contributed by atoms with van der Waals surface area (Å²) in [4.78, 5) is 17.3. The van der Waals surface area contributed by atoms with Gasteiger partial charge >= 0.3 is 0 Å². The van der Waals surface area contributed by atoms with E-state index in [2.05, 4.69) is 27.8 Å². The Bertz CT molecular complexity index is 803. The summed E-state index contributed by atoms with van der Waals surface area (Å²) < 4.78 is 12.8. The molecule has 0 aliphatic carbocycles. The minimum Gasteiger partial charge on any atom is -0.376 e. The Morgan fingerprint density at radius 2 is 1.83 bits per heavy atom. The van der Waals surface area contributed by atoms with E-state index in [0.717, 1.165) is 11.3 Å². The van der Waals surface area contributed by atoms with Crippen LogP contribution in [-0.4, -0.2) is 17.4 Å². The summed E-state index contributed by atoms with van der Waals surface area (Å²) in [5.41, 5.74) is 1.90. The summed E-state index contributed by atoms with van der Waals surface area (Å²) >= 11 is 1.46. The fourth-order valence-electron chi connectivity index (χ4n) is 2.16. The van der Waals surface area contributed by atoms with Crippen LogP contribution in [-0.2, 0) is 11.2 Å². The van der Waals surface area contributed by atoms with Gasteiger partial charge in [0.05, 0.1) is 6.54 Å². The average Bonchev–Trinajstić information content (AvgIpc) is 3.02. The Balaban J connectivity index is 1.50. The molecule has 0 unspecified atom stereocenters. The fourth-order valence-corrected chi connectivity index (χ4v) is 3.02. The Labute approximate surface area is 143 Å². The minimum atomic E-state index is -0.307. The van der Waals surface area contributed by atoms with Crippen molar-refractivity contribution >= 4 is 28.1 Å².